The number of rotatable bonds is 12. The lowest BCUT2D eigenvalue weighted by Crippen LogP contribution is -2.26. The zero-order valence-electron chi connectivity index (χ0n) is 20.6. The number of hydrogen-bond acceptors (Lipinski definition) is 6. The van der Waals surface area contributed by atoms with Gasteiger partial charge in [-0.05, 0) is 50.2 Å². The van der Waals surface area contributed by atoms with Gasteiger partial charge in [0.05, 0.1) is 12.0 Å². The summed E-state index contributed by atoms with van der Waals surface area (Å²) >= 11 is 0. The minimum Gasteiger partial charge on any atom is -0.491 e. The van der Waals surface area contributed by atoms with Crippen LogP contribution in [-0.4, -0.2) is 34.8 Å². The summed E-state index contributed by atoms with van der Waals surface area (Å²) in [5.41, 5.74) is 0.824. The summed E-state index contributed by atoms with van der Waals surface area (Å²) in [7, 11) is 0. The third-order valence-electron chi connectivity index (χ3n) is 7.00. The van der Waals surface area contributed by atoms with Crippen molar-refractivity contribution in [3.05, 3.63) is 36.5 Å². The Bertz CT molecular complexity index is 926. The molecule has 1 saturated carbocycles. The number of unbranched alkanes of at least 4 members (excludes halogenated alkanes) is 2. The van der Waals surface area contributed by atoms with Crippen molar-refractivity contribution >= 4 is 5.97 Å². The van der Waals surface area contributed by atoms with Gasteiger partial charge in [-0.1, -0.05) is 58.1 Å². The number of epoxide rings is 1. The van der Waals surface area contributed by atoms with Gasteiger partial charge in [0, 0.05) is 17.8 Å². The normalized spacial score (nSPS) is 23.9. The van der Waals surface area contributed by atoms with Gasteiger partial charge in [-0.15, -0.1) is 0 Å². The van der Waals surface area contributed by atoms with E-state index in [1.807, 2.05) is 24.3 Å². The van der Waals surface area contributed by atoms with Crippen LogP contribution in [0.2, 0.25) is 0 Å². The molecule has 184 valence electrons. The Morgan fingerprint density at radius 2 is 1.88 bits per heavy atom. The summed E-state index contributed by atoms with van der Waals surface area (Å²) in [4.78, 5) is 21.6. The minimum atomic E-state index is -0.167. The van der Waals surface area contributed by atoms with E-state index in [1.54, 1.807) is 12.3 Å². The van der Waals surface area contributed by atoms with Crippen molar-refractivity contribution in [3.63, 3.8) is 0 Å². The van der Waals surface area contributed by atoms with Gasteiger partial charge in [0.2, 0.25) is 5.88 Å². The third kappa shape index (κ3) is 7.02. The summed E-state index contributed by atoms with van der Waals surface area (Å²) in [6.07, 6.45) is 13.6. The van der Waals surface area contributed by atoms with Gasteiger partial charge in [0.15, 0.2) is 5.82 Å². The second-order valence-corrected chi connectivity index (χ2v) is 9.69. The van der Waals surface area contributed by atoms with E-state index >= 15 is 0 Å². The molecule has 6 heteroatoms. The Morgan fingerprint density at radius 3 is 2.68 bits per heavy atom. The average molecular weight is 467 g/mol. The Balaban J connectivity index is 1.29. The molecule has 4 rings (SSSR count). The lowest BCUT2D eigenvalue weighted by atomic mass is 9.80. The zero-order chi connectivity index (χ0) is 23.8. The van der Waals surface area contributed by atoms with Crippen molar-refractivity contribution in [2.24, 2.45) is 11.8 Å². The molecule has 1 aromatic carbocycles. The van der Waals surface area contributed by atoms with Gasteiger partial charge in [0.25, 0.3) is 0 Å². The van der Waals surface area contributed by atoms with Crippen molar-refractivity contribution < 1.29 is 19.0 Å². The molecule has 0 N–H and O–H groups in total. The van der Waals surface area contributed by atoms with E-state index in [9.17, 15) is 4.79 Å². The van der Waals surface area contributed by atoms with Gasteiger partial charge in [0.1, 0.15) is 18.5 Å². The second kappa shape index (κ2) is 12.3. The Labute approximate surface area is 203 Å². The van der Waals surface area contributed by atoms with E-state index in [4.69, 9.17) is 14.2 Å². The highest BCUT2D eigenvalue weighted by Gasteiger charge is 2.38. The second-order valence-electron chi connectivity index (χ2n) is 9.69. The largest absolute Gasteiger partial charge is 0.491 e. The van der Waals surface area contributed by atoms with E-state index in [2.05, 4.69) is 23.8 Å². The molecule has 1 aliphatic heterocycles. The number of hydrogen-bond donors (Lipinski definition) is 0. The number of benzene rings is 1. The molecule has 2 atom stereocenters. The Kier molecular flexibility index (Phi) is 8.91. The standard InChI is InChI=1S/C28H38N2O4/c1-3-5-6-9-20-12-14-21(15-13-20)28(31)34-26-16-17-29-27(30-26)22-10-7-11-23(18-22)32-19-25-24(33-25)8-4-2/h7,10-11,16-18,20-21,24-25H,3-6,8-9,12-15,19H2,1-2H3/t20-,21-,24-,25-/m0/s1. The molecule has 34 heavy (non-hydrogen) atoms. The fraction of sp³-hybridized carbons (Fsp3) is 0.607. The lowest BCUT2D eigenvalue weighted by molar-refractivity contribution is -0.140. The molecule has 1 saturated heterocycles. The quantitative estimate of drug-likeness (QED) is 0.205. The molecule has 0 amide bonds. The van der Waals surface area contributed by atoms with Crippen LogP contribution in [0.5, 0.6) is 11.6 Å². The highest BCUT2D eigenvalue weighted by atomic mass is 16.6. The van der Waals surface area contributed by atoms with Crippen LogP contribution in [0.4, 0.5) is 0 Å². The van der Waals surface area contributed by atoms with E-state index in [0.29, 0.717) is 24.4 Å². The van der Waals surface area contributed by atoms with Crippen LogP contribution in [0.1, 0.15) is 78.1 Å². The fourth-order valence-electron chi connectivity index (χ4n) is 4.86. The molecular weight excluding hydrogens is 428 g/mol. The highest BCUT2D eigenvalue weighted by Crippen LogP contribution is 2.33. The molecule has 6 nitrogen and oxygen atoms in total. The van der Waals surface area contributed by atoms with Crippen molar-refractivity contribution in [2.45, 2.75) is 90.3 Å². The predicted molar refractivity (Wildman–Crippen MR) is 132 cm³/mol. The molecule has 0 radical (unpaired) electrons. The molecule has 0 spiro atoms. The van der Waals surface area contributed by atoms with Crippen LogP contribution >= 0.6 is 0 Å². The first-order valence-electron chi connectivity index (χ1n) is 13.1. The number of carbonyl (C=O) groups is 1. The summed E-state index contributed by atoms with van der Waals surface area (Å²) < 4.78 is 17.2. The zero-order valence-corrected chi connectivity index (χ0v) is 20.6. The van der Waals surface area contributed by atoms with Gasteiger partial charge in [-0.3, -0.25) is 4.79 Å². The molecular formula is C28H38N2O4. The molecule has 1 aromatic heterocycles. The smallest absolute Gasteiger partial charge is 0.315 e. The van der Waals surface area contributed by atoms with Crippen molar-refractivity contribution in [3.8, 4) is 23.0 Å². The SMILES string of the molecule is CCCCC[C@H]1CC[C@H](C(=O)Oc2ccnc(-c3cccc(OC[C@@H]4O[C@H]4CCC)c3)n2)CC1. The first-order chi connectivity index (χ1) is 16.7. The minimum absolute atomic E-state index is 0.0289. The number of nitrogens with zero attached hydrogens (tertiary/aromatic N) is 2. The first-order valence-corrected chi connectivity index (χ1v) is 13.1. The van der Waals surface area contributed by atoms with Crippen LogP contribution in [0.15, 0.2) is 36.5 Å². The third-order valence-corrected chi connectivity index (χ3v) is 7.00. The van der Waals surface area contributed by atoms with Gasteiger partial charge < -0.3 is 14.2 Å². The van der Waals surface area contributed by atoms with Gasteiger partial charge >= 0.3 is 5.97 Å². The Hall–Kier alpha value is -2.47. The first kappa shape index (κ1) is 24.6. The molecule has 2 fully saturated rings. The number of esters is 1. The van der Waals surface area contributed by atoms with E-state index in [-0.39, 0.29) is 18.0 Å². The van der Waals surface area contributed by atoms with E-state index in [1.165, 1.54) is 25.7 Å². The monoisotopic (exact) mass is 466 g/mol. The maximum atomic E-state index is 12.7. The predicted octanol–water partition coefficient (Wildman–Crippen LogP) is 6.38. The number of ether oxygens (including phenoxy) is 3. The van der Waals surface area contributed by atoms with Crippen LogP contribution < -0.4 is 9.47 Å². The van der Waals surface area contributed by atoms with Crippen LogP contribution in [0, 0.1) is 11.8 Å². The van der Waals surface area contributed by atoms with E-state index < -0.39 is 0 Å². The molecule has 1 aliphatic carbocycles. The van der Waals surface area contributed by atoms with Crippen LogP contribution in [0.3, 0.4) is 0 Å². The molecule has 2 heterocycles. The number of carbonyl (C=O) groups excluding carboxylic acids is 1. The lowest BCUT2D eigenvalue weighted by Gasteiger charge is -2.27. The molecule has 2 aromatic rings. The summed E-state index contributed by atoms with van der Waals surface area (Å²) in [6, 6.07) is 9.33. The summed E-state index contributed by atoms with van der Waals surface area (Å²) in [5, 5.41) is 0. The molecule has 2 aliphatic rings. The van der Waals surface area contributed by atoms with Gasteiger partial charge in [-0.2, -0.15) is 4.98 Å². The fourth-order valence-corrected chi connectivity index (χ4v) is 4.86. The van der Waals surface area contributed by atoms with Crippen LogP contribution in [0.25, 0.3) is 11.4 Å². The molecule has 0 unspecified atom stereocenters. The van der Waals surface area contributed by atoms with Gasteiger partial charge in [-0.25, -0.2) is 4.98 Å². The summed E-state index contributed by atoms with van der Waals surface area (Å²) in [6.45, 7) is 4.95. The topological polar surface area (TPSA) is 73.8 Å². The summed E-state index contributed by atoms with van der Waals surface area (Å²) in [5.74, 6) is 2.14. The average Bonchev–Trinajstić information content (AvgIpc) is 3.62. The number of aromatic nitrogens is 2. The Morgan fingerprint density at radius 1 is 1.03 bits per heavy atom. The van der Waals surface area contributed by atoms with Crippen molar-refractivity contribution in [1.29, 1.82) is 0 Å². The maximum Gasteiger partial charge on any atom is 0.315 e. The van der Waals surface area contributed by atoms with Crippen LogP contribution in [-0.2, 0) is 9.53 Å². The maximum absolute atomic E-state index is 12.7. The molecule has 0 bridgehead atoms. The van der Waals surface area contributed by atoms with Crippen molar-refractivity contribution in [1.82, 2.24) is 9.97 Å². The highest BCUT2D eigenvalue weighted by molar-refractivity contribution is 5.75. The van der Waals surface area contributed by atoms with Crippen molar-refractivity contribution in [2.75, 3.05) is 6.61 Å². The van der Waals surface area contributed by atoms with E-state index in [0.717, 1.165) is 55.8 Å².